The van der Waals surface area contributed by atoms with Gasteiger partial charge in [-0.2, -0.15) is 4.98 Å². The van der Waals surface area contributed by atoms with Crippen LogP contribution in [0.3, 0.4) is 0 Å². The Bertz CT molecular complexity index is 588. The fourth-order valence-corrected chi connectivity index (χ4v) is 2.50. The van der Waals surface area contributed by atoms with E-state index in [9.17, 15) is 5.11 Å². The van der Waals surface area contributed by atoms with Crippen molar-refractivity contribution in [1.29, 1.82) is 0 Å². The van der Waals surface area contributed by atoms with Crippen LogP contribution in [0.2, 0.25) is 0 Å². The van der Waals surface area contributed by atoms with Crippen LogP contribution >= 0.6 is 0 Å². The first-order valence-corrected chi connectivity index (χ1v) is 6.95. The van der Waals surface area contributed by atoms with Crippen LogP contribution in [0.4, 0.5) is 0 Å². The Kier molecular flexibility index (Phi) is 3.90. The SMILES string of the molecule is COc1ccc(-c2noc(C3(CO)CCOCC3)n2)cc1. The molecule has 6 nitrogen and oxygen atoms in total. The van der Waals surface area contributed by atoms with Gasteiger partial charge in [0.2, 0.25) is 11.7 Å². The van der Waals surface area contributed by atoms with Gasteiger partial charge in [-0.3, -0.25) is 0 Å². The van der Waals surface area contributed by atoms with Gasteiger partial charge in [-0.1, -0.05) is 5.16 Å². The molecule has 0 aliphatic carbocycles. The summed E-state index contributed by atoms with van der Waals surface area (Å²) < 4.78 is 15.9. The predicted octanol–water partition coefficient (Wildman–Crippen LogP) is 1.79. The number of hydrogen-bond acceptors (Lipinski definition) is 6. The Morgan fingerprint density at radius 2 is 1.95 bits per heavy atom. The number of benzene rings is 1. The third kappa shape index (κ3) is 2.64. The van der Waals surface area contributed by atoms with Crippen LogP contribution in [-0.4, -0.2) is 42.2 Å². The number of ether oxygens (including phenoxy) is 2. The van der Waals surface area contributed by atoms with Crippen LogP contribution in [-0.2, 0) is 10.2 Å². The Labute approximate surface area is 122 Å². The van der Waals surface area contributed by atoms with E-state index in [1.807, 2.05) is 24.3 Å². The second-order valence-corrected chi connectivity index (χ2v) is 5.20. The molecule has 21 heavy (non-hydrogen) atoms. The maximum atomic E-state index is 9.74. The summed E-state index contributed by atoms with van der Waals surface area (Å²) in [6.45, 7) is 1.18. The molecule has 0 bridgehead atoms. The minimum Gasteiger partial charge on any atom is -0.497 e. The molecule has 0 amide bonds. The van der Waals surface area contributed by atoms with Gasteiger partial charge in [0.15, 0.2) is 0 Å². The maximum absolute atomic E-state index is 9.74. The highest BCUT2D eigenvalue weighted by atomic mass is 16.5. The molecule has 0 atom stereocenters. The number of rotatable bonds is 4. The highest BCUT2D eigenvalue weighted by molar-refractivity contribution is 5.55. The van der Waals surface area contributed by atoms with Crippen molar-refractivity contribution in [1.82, 2.24) is 10.1 Å². The summed E-state index contributed by atoms with van der Waals surface area (Å²) >= 11 is 0. The molecular weight excluding hydrogens is 272 g/mol. The van der Waals surface area contributed by atoms with Crippen molar-refractivity contribution in [3.63, 3.8) is 0 Å². The van der Waals surface area contributed by atoms with Gasteiger partial charge >= 0.3 is 0 Å². The molecule has 2 heterocycles. The summed E-state index contributed by atoms with van der Waals surface area (Å²) in [5.74, 6) is 1.78. The van der Waals surface area contributed by atoms with Crippen molar-refractivity contribution in [2.45, 2.75) is 18.3 Å². The van der Waals surface area contributed by atoms with Gasteiger partial charge in [0.05, 0.1) is 19.1 Å². The van der Waals surface area contributed by atoms with Crippen molar-refractivity contribution in [2.75, 3.05) is 26.9 Å². The molecule has 0 spiro atoms. The van der Waals surface area contributed by atoms with Crippen LogP contribution in [0, 0.1) is 0 Å². The normalized spacial score (nSPS) is 17.6. The third-order valence-corrected chi connectivity index (χ3v) is 3.98. The molecule has 1 N–H and O–H groups in total. The zero-order valence-corrected chi connectivity index (χ0v) is 11.9. The lowest BCUT2D eigenvalue weighted by Gasteiger charge is -2.31. The van der Waals surface area contributed by atoms with E-state index in [2.05, 4.69) is 10.1 Å². The highest BCUT2D eigenvalue weighted by Gasteiger charge is 2.39. The van der Waals surface area contributed by atoms with Gasteiger partial charge in [-0.05, 0) is 37.1 Å². The van der Waals surface area contributed by atoms with Gasteiger partial charge in [-0.25, -0.2) is 0 Å². The van der Waals surface area contributed by atoms with E-state index < -0.39 is 5.41 Å². The second kappa shape index (κ2) is 5.83. The molecule has 1 aliphatic heterocycles. The molecule has 6 heteroatoms. The standard InChI is InChI=1S/C15H18N2O4/c1-19-12-4-2-11(3-5-12)13-16-14(21-17-13)15(10-18)6-8-20-9-7-15/h2-5,18H,6-10H2,1H3. The van der Waals surface area contributed by atoms with Crippen molar-refractivity contribution >= 4 is 0 Å². The van der Waals surface area contributed by atoms with Gasteiger partial charge in [-0.15, -0.1) is 0 Å². The van der Waals surface area contributed by atoms with E-state index in [1.165, 1.54) is 0 Å². The summed E-state index contributed by atoms with van der Waals surface area (Å²) in [7, 11) is 1.62. The predicted molar refractivity (Wildman–Crippen MR) is 75.1 cm³/mol. The molecule has 1 fully saturated rings. The van der Waals surface area contributed by atoms with Crippen molar-refractivity contribution in [3.05, 3.63) is 30.2 Å². The Morgan fingerprint density at radius 3 is 2.57 bits per heavy atom. The van der Waals surface area contributed by atoms with E-state index in [4.69, 9.17) is 14.0 Å². The average molecular weight is 290 g/mol. The molecule has 1 aromatic carbocycles. The van der Waals surface area contributed by atoms with Gasteiger partial charge in [0, 0.05) is 18.8 Å². The molecule has 0 saturated carbocycles. The topological polar surface area (TPSA) is 77.6 Å². The van der Waals surface area contributed by atoms with Gasteiger partial charge < -0.3 is 19.1 Å². The first-order chi connectivity index (χ1) is 10.3. The maximum Gasteiger partial charge on any atom is 0.235 e. The summed E-state index contributed by atoms with van der Waals surface area (Å²) in [5, 5.41) is 13.8. The highest BCUT2D eigenvalue weighted by Crippen LogP contribution is 2.34. The molecule has 112 valence electrons. The number of aliphatic hydroxyl groups excluding tert-OH is 1. The van der Waals surface area contributed by atoms with Crippen molar-refractivity contribution in [2.24, 2.45) is 0 Å². The number of nitrogens with zero attached hydrogens (tertiary/aromatic N) is 2. The van der Waals surface area contributed by atoms with Crippen molar-refractivity contribution < 1.29 is 19.1 Å². The molecule has 2 aromatic rings. The Morgan fingerprint density at radius 1 is 1.24 bits per heavy atom. The van der Waals surface area contributed by atoms with Crippen LogP contribution in [0.25, 0.3) is 11.4 Å². The minimum absolute atomic E-state index is 0.0133. The van der Waals surface area contributed by atoms with E-state index in [-0.39, 0.29) is 6.61 Å². The van der Waals surface area contributed by atoms with Crippen LogP contribution in [0.1, 0.15) is 18.7 Å². The lowest BCUT2D eigenvalue weighted by Crippen LogP contribution is -2.37. The number of aromatic nitrogens is 2. The first-order valence-electron chi connectivity index (χ1n) is 6.95. The molecule has 3 rings (SSSR count). The Balaban J connectivity index is 1.87. The average Bonchev–Trinajstić information content (AvgIpc) is 3.06. The lowest BCUT2D eigenvalue weighted by atomic mass is 9.81. The molecule has 1 aliphatic rings. The van der Waals surface area contributed by atoms with E-state index in [0.717, 1.165) is 11.3 Å². The fourth-order valence-electron chi connectivity index (χ4n) is 2.50. The van der Waals surface area contributed by atoms with Crippen LogP contribution in [0.15, 0.2) is 28.8 Å². The largest absolute Gasteiger partial charge is 0.497 e. The number of aliphatic hydroxyl groups is 1. The molecular formula is C15H18N2O4. The fraction of sp³-hybridized carbons (Fsp3) is 0.467. The van der Waals surface area contributed by atoms with E-state index in [1.54, 1.807) is 7.11 Å². The minimum atomic E-state index is -0.476. The smallest absolute Gasteiger partial charge is 0.235 e. The zero-order chi connectivity index (χ0) is 14.7. The number of hydrogen-bond donors (Lipinski definition) is 1. The summed E-state index contributed by atoms with van der Waals surface area (Å²) in [6, 6.07) is 7.45. The van der Waals surface area contributed by atoms with Crippen LogP contribution in [0.5, 0.6) is 5.75 Å². The molecule has 1 saturated heterocycles. The monoisotopic (exact) mass is 290 g/mol. The second-order valence-electron chi connectivity index (χ2n) is 5.20. The molecule has 1 aromatic heterocycles. The van der Waals surface area contributed by atoms with Gasteiger partial charge in [0.1, 0.15) is 5.75 Å². The van der Waals surface area contributed by atoms with Crippen LogP contribution < -0.4 is 4.74 Å². The number of methoxy groups -OCH3 is 1. The molecule has 0 unspecified atom stereocenters. The van der Waals surface area contributed by atoms with E-state index >= 15 is 0 Å². The Hall–Kier alpha value is -1.92. The third-order valence-electron chi connectivity index (χ3n) is 3.98. The summed E-state index contributed by atoms with van der Waals surface area (Å²) in [4.78, 5) is 4.47. The summed E-state index contributed by atoms with van der Waals surface area (Å²) in [5.41, 5.74) is 0.377. The molecule has 0 radical (unpaired) electrons. The van der Waals surface area contributed by atoms with Gasteiger partial charge in [0.25, 0.3) is 0 Å². The lowest BCUT2D eigenvalue weighted by molar-refractivity contribution is 0.0116. The summed E-state index contributed by atoms with van der Waals surface area (Å²) in [6.07, 6.45) is 1.38. The first kappa shape index (κ1) is 14.0. The van der Waals surface area contributed by atoms with E-state index in [0.29, 0.717) is 37.8 Å². The van der Waals surface area contributed by atoms with Crippen molar-refractivity contribution in [3.8, 4) is 17.1 Å². The zero-order valence-electron chi connectivity index (χ0n) is 11.9. The quantitative estimate of drug-likeness (QED) is 0.925.